The van der Waals surface area contributed by atoms with Gasteiger partial charge >= 0.3 is 6.03 Å². The summed E-state index contributed by atoms with van der Waals surface area (Å²) in [4.78, 5) is 25.8. The number of carbonyl (C=O) groups excluding carboxylic acids is 2. The molecule has 1 fully saturated rings. The van der Waals surface area contributed by atoms with Gasteiger partial charge in [-0.05, 0) is 31.5 Å². The highest BCUT2D eigenvalue weighted by molar-refractivity contribution is 5.95. The monoisotopic (exact) mass is 327 g/mol. The first-order valence-corrected chi connectivity index (χ1v) is 7.91. The summed E-state index contributed by atoms with van der Waals surface area (Å²) in [6, 6.07) is 7.08. The molecule has 3 amide bonds. The number of rotatable bonds is 2. The van der Waals surface area contributed by atoms with Gasteiger partial charge in [0.2, 0.25) is 5.91 Å². The fourth-order valence-corrected chi connectivity index (χ4v) is 2.82. The van der Waals surface area contributed by atoms with Crippen LogP contribution in [0.2, 0.25) is 0 Å². The molecule has 1 aromatic heterocycles. The van der Waals surface area contributed by atoms with Gasteiger partial charge in [-0.3, -0.25) is 9.48 Å². The molecule has 0 aliphatic carbocycles. The van der Waals surface area contributed by atoms with Crippen LogP contribution >= 0.6 is 0 Å². The molecular weight excluding hydrogens is 306 g/mol. The number of carbonyl (C=O) groups is 2. The number of anilines is 1. The molecule has 1 aliphatic heterocycles. The molecule has 2 N–H and O–H groups in total. The molecule has 1 atom stereocenters. The number of hydrogen-bond donors (Lipinski definition) is 2. The molecule has 1 saturated heterocycles. The first-order chi connectivity index (χ1) is 11.5. The number of nitrogens with zero attached hydrogens (tertiary/aromatic N) is 3. The van der Waals surface area contributed by atoms with E-state index in [9.17, 15) is 9.59 Å². The summed E-state index contributed by atoms with van der Waals surface area (Å²) >= 11 is 0. The Hall–Kier alpha value is -2.83. The first kappa shape index (κ1) is 16.0. The molecule has 1 unspecified atom stereocenters. The molecule has 1 aromatic carbocycles. The van der Waals surface area contributed by atoms with Crippen LogP contribution in [0.3, 0.4) is 0 Å². The van der Waals surface area contributed by atoms with Crippen molar-refractivity contribution in [3.8, 4) is 11.3 Å². The van der Waals surface area contributed by atoms with Crippen LogP contribution in [0.4, 0.5) is 10.5 Å². The van der Waals surface area contributed by atoms with Crippen molar-refractivity contribution in [3.63, 3.8) is 0 Å². The summed E-state index contributed by atoms with van der Waals surface area (Å²) in [5, 5.41) is 9.86. The van der Waals surface area contributed by atoms with E-state index in [0.717, 1.165) is 22.5 Å². The van der Waals surface area contributed by atoms with Crippen molar-refractivity contribution < 1.29 is 9.59 Å². The van der Waals surface area contributed by atoms with Crippen LogP contribution in [0.15, 0.2) is 30.5 Å². The molecule has 7 nitrogen and oxygen atoms in total. The lowest BCUT2D eigenvalue weighted by atomic mass is 10.1. The van der Waals surface area contributed by atoms with Gasteiger partial charge in [-0.2, -0.15) is 5.10 Å². The number of aryl methyl sites for hydroxylation is 2. The fourth-order valence-electron chi connectivity index (χ4n) is 2.82. The third kappa shape index (κ3) is 2.97. The predicted octanol–water partition coefficient (Wildman–Crippen LogP) is 1.75. The van der Waals surface area contributed by atoms with Crippen LogP contribution in [0.1, 0.15) is 12.5 Å². The van der Waals surface area contributed by atoms with Crippen LogP contribution in [0.5, 0.6) is 0 Å². The van der Waals surface area contributed by atoms with Gasteiger partial charge in [0.25, 0.3) is 0 Å². The topological polar surface area (TPSA) is 79.3 Å². The minimum Gasteiger partial charge on any atom is -0.353 e. The Labute approximate surface area is 140 Å². The molecule has 3 rings (SSSR count). The quantitative estimate of drug-likeness (QED) is 0.882. The summed E-state index contributed by atoms with van der Waals surface area (Å²) in [7, 11) is 1.88. The maximum Gasteiger partial charge on any atom is 0.322 e. The van der Waals surface area contributed by atoms with Crippen LogP contribution < -0.4 is 10.6 Å². The van der Waals surface area contributed by atoms with Crippen molar-refractivity contribution in [2.75, 3.05) is 18.4 Å². The van der Waals surface area contributed by atoms with E-state index in [1.54, 1.807) is 22.7 Å². The normalized spacial score (nSPS) is 17.5. The van der Waals surface area contributed by atoms with E-state index in [2.05, 4.69) is 15.7 Å². The number of amides is 3. The smallest absolute Gasteiger partial charge is 0.322 e. The number of piperazine rings is 1. The SMILES string of the molecule is Cc1ccc(-c2ccnn2C)cc1NC(=O)N1CCNC(=O)C1C. The van der Waals surface area contributed by atoms with Crippen molar-refractivity contribution in [2.45, 2.75) is 19.9 Å². The van der Waals surface area contributed by atoms with E-state index in [4.69, 9.17) is 0 Å². The lowest BCUT2D eigenvalue weighted by molar-refractivity contribution is -0.126. The Kier molecular flexibility index (Phi) is 4.24. The second kappa shape index (κ2) is 6.35. The number of benzene rings is 1. The number of urea groups is 1. The highest BCUT2D eigenvalue weighted by Crippen LogP contribution is 2.25. The molecule has 7 heteroatoms. The van der Waals surface area contributed by atoms with Crippen LogP contribution in [0.25, 0.3) is 11.3 Å². The summed E-state index contributed by atoms with van der Waals surface area (Å²) in [6.45, 7) is 4.64. The van der Waals surface area contributed by atoms with Crippen molar-refractivity contribution in [3.05, 3.63) is 36.0 Å². The van der Waals surface area contributed by atoms with Crippen LogP contribution in [-0.4, -0.2) is 45.8 Å². The Bertz CT molecular complexity index is 783. The molecule has 0 spiro atoms. The van der Waals surface area contributed by atoms with Crippen molar-refractivity contribution in [2.24, 2.45) is 7.05 Å². The third-order valence-electron chi connectivity index (χ3n) is 4.36. The predicted molar refractivity (Wildman–Crippen MR) is 91.6 cm³/mol. The summed E-state index contributed by atoms with van der Waals surface area (Å²) < 4.78 is 1.79. The third-order valence-corrected chi connectivity index (χ3v) is 4.36. The molecular formula is C17H21N5O2. The van der Waals surface area contributed by atoms with Gasteiger partial charge in [0, 0.05) is 37.6 Å². The zero-order valence-electron chi connectivity index (χ0n) is 14.0. The number of nitrogens with one attached hydrogen (secondary N) is 2. The van der Waals surface area contributed by atoms with Crippen molar-refractivity contribution in [1.82, 2.24) is 20.0 Å². The second-order valence-corrected chi connectivity index (χ2v) is 5.96. The highest BCUT2D eigenvalue weighted by Gasteiger charge is 2.29. The van der Waals surface area contributed by atoms with E-state index in [1.807, 2.05) is 38.2 Å². The Morgan fingerprint density at radius 3 is 2.88 bits per heavy atom. The largest absolute Gasteiger partial charge is 0.353 e. The zero-order valence-corrected chi connectivity index (χ0v) is 14.0. The average molecular weight is 327 g/mol. The molecule has 2 heterocycles. The van der Waals surface area contributed by atoms with Gasteiger partial charge in [-0.15, -0.1) is 0 Å². The van der Waals surface area contributed by atoms with E-state index >= 15 is 0 Å². The van der Waals surface area contributed by atoms with Gasteiger partial charge in [0.1, 0.15) is 6.04 Å². The zero-order chi connectivity index (χ0) is 17.3. The van der Waals surface area contributed by atoms with E-state index in [-0.39, 0.29) is 11.9 Å². The van der Waals surface area contributed by atoms with E-state index in [1.165, 1.54) is 0 Å². The molecule has 2 aromatic rings. The molecule has 126 valence electrons. The van der Waals surface area contributed by atoms with E-state index in [0.29, 0.717) is 13.1 Å². The lowest BCUT2D eigenvalue weighted by Gasteiger charge is -2.32. The Morgan fingerprint density at radius 1 is 1.38 bits per heavy atom. The van der Waals surface area contributed by atoms with Crippen molar-refractivity contribution >= 4 is 17.6 Å². The Morgan fingerprint density at radius 2 is 2.17 bits per heavy atom. The highest BCUT2D eigenvalue weighted by atomic mass is 16.2. The molecule has 24 heavy (non-hydrogen) atoms. The van der Waals surface area contributed by atoms with Crippen LogP contribution in [0, 0.1) is 6.92 Å². The van der Waals surface area contributed by atoms with E-state index < -0.39 is 6.04 Å². The number of hydrogen-bond acceptors (Lipinski definition) is 3. The minimum absolute atomic E-state index is 0.128. The molecule has 1 aliphatic rings. The maximum absolute atomic E-state index is 12.6. The maximum atomic E-state index is 12.6. The molecule has 0 bridgehead atoms. The summed E-state index contributed by atoms with van der Waals surface area (Å²) in [5.74, 6) is -0.128. The average Bonchev–Trinajstić information content (AvgIpc) is 2.98. The minimum atomic E-state index is -0.473. The van der Waals surface area contributed by atoms with Crippen molar-refractivity contribution in [1.29, 1.82) is 0 Å². The summed E-state index contributed by atoms with van der Waals surface area (Å²) in [6.07, 6.45) is 1.74. The molecule has 0 saturated carbocycles. The second-order valence-electron chi connectivity index (χ2n) is 5.96. The fraction of sp³-hybridized carbons (Fsp3) is 0.353. The number of aromatic nitrogens is 2. The summed E-state index contributed by atoms with van der Waals surface area (Å²) in [5.41, 5.74) is 3.64. The van der Waals surface area contributed by atoms with Gasteiger partial charge in [0.15, 0.2) is 0 Å². The first-order valence-electron chi connectivity index (χ1n) is 7.91. The van der Waals surface area contributed by atoms with Crippen LogP contribution in [-0.2, 0) is 11.8 Å². The molecule has 0 radical (unpaired) electrons. The lowest BCUT2D eigenvalue weighted by Crippen LogP contribution is -2.56. The Balaban J connectivity index is 1.83. The van der Waals surface area contributed by atoms with Gasteiger partial charge < -0.3 is 15.5 Å². The van der Waals surface area contributed by atoms with Gasteiger partial charge in [-0.25, -0.2) is 4.79 Å². The van der Waals surface area contributed by atoms with Gasteiger partial charge in [0.05, 0.1) is 5.69 Å². The standard InChI is InChI=1S/C17H21N5O2/c1-11-4-5-13(15-6-7-19-21(15)3)10-14(11)20-17(24)22-9-8-18-16(23)12(22)2/h4-7,10,12H,8-9H2,1-3H3,(H,18,23)(H,20,24). The van der Waals surface area contributed by atoms with Gasteiger partial charge in [-0.1, -0.05) is 12.1 Å².